The van der Waals surface area contributed by atoms with Crippen molar-refractivity contribution >= 4 is 5.97 Å². The summed E-state index contributed by atoms with van der Waals surface area (Å²) in [7, 11) is 0. The first kappa shape index (κ1) is 14.3. The largest absolute Gasteiger partial charge is 0.466 e. The first-order valence-electron chi connectivity index (χ1n) is 7.10. The second kappa shape index (κ2) is 9.26. The molecule has 0 fully saturated rings. The first-order valence-corrected chi connectivity index (χ1v) is 7.10. The Hall–Kier alpha value is -0.790. The third-order valence-corrected chi connectivity index (χ3v) is 3.31. The van der Waals surface area contributed by atoms with Crippen molar-refractivity contribution in [2.24, 2.45) is 0 Å². The summed E-state index contributed by atoms with van der Waals surface area (Å²) in [5, 5.41) is 0. The molecule has 1 aliphatic rings. The molecule has 0 radical (unpaired) electrons. The molecule has 0 aromatic carbocycles. The Morgan fingerprint density at radius 3 is 2.47 bits per heavy atom. The highest BCUT2D eigenvalue weighted by Crippen LogP contribution is 2.13. The van der Waals surface area contributed by atoms with Gasteiger partial charge in [0.15, 0.2) is 0 Å². The number of carbonyl (C=O) groups is 1. The molecule has 98 valence electrons. The standard InChI is InChI=1S/C15H26O2/c1-14-10-6-2-3-8-12-15(16)17-13-9-5-4-7-11-14/h11H,2-10,12-13H2,1H3/b14-11+. The lowest BCUT2D eigenvalue weighted by Gasteiger charge is -2.04. The summed E-state index contributed by atoms with van der Waals surface area (Å²) in [6.45, 7) is 2.85. The van der Waals surface area contributed by atoms with Crippen molar-refractivity contribution in [2.75, 3.05) is 6.61 Å². The van der Waals surface area contributed by atoms with E-state index in [1.807, 2.05) is 0 Å². The zero-order chi connectivity index (χ0) is 12.3. The second-order valence-electron chi connectivity index (χ2n) is 5.03. The maximum absolute atomic E-state index is 11.3. The molecule has 2 heteroatoms. The van der Waals surface area contributed by atoms with Crippen LogP contribution in [0.3, 0.4) is 0 Å². The summed E-state index contributed by atoms with van der Waals surface area (Å²) in [5.41, 5.74) is 1.53. The van der Waals surface area contributed by atoms with Gasteiger partial charge in [0.05, 0.1) is 6.61 Å². The molecular weight excluding hydrogens is 212 g/mol. The van der Waals surface area contributed by atoms with Gasteiger partial charge in [-0.05, 0) is 51.9 Å². The van der Waals surface area contributed by atoms with Crippen molar-refractivity contribution in [3.8, 4) is 0 Å². The van der Waals surface area contributed by atoms with E-state index < -0.39 is 0 Å². The van der Waals surface area contributed by atoms with Gasteiger partial charge in [0.1, 0.15) is 0 Å². The van der Waals surface area contributed by atoms with Crippen LogP contribution in [0, 0.1) is 0 Å². The number of esters is 1. The van der Waals surface area contributed by atoms with Gasteiger partial charge in [-0.25, -0.2) is 0 Å². The van der Waals surface area contributed by atoms with Crippen LogP contribution < -0.4 is 0 Å². The molecule has 0 aromatic heterocycles. The van der Waals surface area contributed by atoms with Crippen molar-refractivity contribution in [3.05, 3.63) is 11.6 Å². The van der Waals surface area contributed by atoms with E-state index in [9.17, 15) is 4.79 Å². The Kier molecular flexibility index (Phi) is 7.78. The van der Waals surface area contributed by atoms with Crippen molar-refractivity contribution < 1.29 is 9.53 Å². The summed E-state index contributed by atoms with van der Waals surface area (Å²) in [6, 6.07) is 0. The van der Waals surface area contributed by atoms with Gasteiger partial charge in [0.2, 0.25) is 0 Å². The second-order valence-corrected chi connectivity index (χ2v) is 5.03. The van der Waals surface area contributed by atoms with Crippen LogP contribution in [0.15, 0.2) is 11.6 Å². The molecule has 1 rings (SSSR count). The van der Waals surface area contributed by atoms with Gasteiger partial charge >= 0.3 is 5.97 Å². The first-order chi connectivity index (χ1) is 8.29. The minimum atomic E-state index is -0.00539. The molecule has 0 unspecified atom stereocenters. The summed E-state index contributed by atoms with van der Waals surface area (Å²) in [5.74, 6) is -0.00539. The number of rotatable bonds is 0. The molecule has 0 atom stereocenters. The van der Waals surface area contributed by atoms with Gasteiger partial charge < -0.3 is 4.74 Å². The fraction of sp³-hybridized carbons (Fsp3) is 0.800. The van der Waals surface area contributed by atoms with Crippen LogP contribution in [0.2, 0.25) is 0 Å². The van der Waals surface area contributed by atoms with E-state index in [-0.39, 0.29) is 5.97 Å². The van der Waals surface area contributed by atoms with Gasteiger partial charge in [0, 0.05) is 6.42 Å². The molecule has 17 heavy (non-hydrogen) atoms. The molecule has 0 N–H and O–H groups in total. The Labute approximate surface area is 105 Å². The molecule has 0 spiro atoms. The quantitative estimate of drug-likeness (QED) is 0.462. The third kappa shape index (κ3) is 8.00. The zero-order valence-corrected chi connectivity index (χ0v) is 11.2. The van der Waals surface area contributed by atoms with Crippen molar-refractivity contribution in [1.29, 1.82) is 0 Å². The molecule has 0 saturated carbocycles. The van der Waals surface area contributed by atoms with E-state index in [1.54, 1.807) is 0 Å². The Morgan fingerprint density at radius 1 is 0.941 bits per heavy atom. The lowest BCUT2D eigenvalue weighted by molar-refractivity contribution is -0.143. The predicted octanol–water partition coefficient (Wildman–Crippen LogP) is 4.39. The van der Waals surface area contributed by atoms with Crippen molar-refractivity contribution in [3.63, 3.8) is 0 Å². The molecule has 0 aliphatic carbocycles. The maximum atomic E-state index is 11.3. The number of hydrogen-bond donors (Lipinski definition) is 0. The van der Waals surface area contributed by atoms with Gasteiger partial charge in [0.25, 0.3) is 0 Å². The fourth-order valence-corrected chi connectivity index (χ4v) is 2.16. The number of cyclic esters (lactones) is 1. The number of allylic oxidation sites excluding steroid dienone is 2. The monoisotopic (exact) mass is 238 g/mol. The van der Waals surface area contributed by atoms with Crippen LogP contribution >= 0.6 is 0 Å². The highest BCUT2D eigenvalue weighted by atomic mass is 16.5. The van der Waals surface area contributed by atoms with Crippen LogP contribution in [-0.2, 0) is 9.53 Å². The SMILES string of the molecule is C/C1=C\CCCCCOC(=O)CCCCCC1. The molecule has 2 nitrogen and oxygen atoms in total. The van der Waals surface area contributed by atoms with Crippen LogP contribution in [0.25, 0.3) is 0 Å². The van der Waals surface area contributed by atoms with Gasteiger partial charge in [-0.3, -0.25) is 4.79 Å². The molecule has 0 aromatic rings. The van der Waals surface area contributed by atoms with E-state index in [4.69, 9.17) is 4.74 Å². The fourth-order valence-electron chi connectivity index (χ4n) is 2.16. The summed E-state index contributed by atoms with van der Waals surface area (Å²) >= 11 is 0. The molecular formula is C15H26O2. The van der Waals surface area contributed by atoms with E-state index in [2.05, 4.69) is 13.0 Å². The summed E-state index contributed by atoms with van der Waals surface area (Å²) < 4.78 is 5.18. The minimum absolute atomic E-state index is 0.00539. The minimum Gasteiger partial charge on any atom is -0.466 e. The average Bonchev–Trinajstić information content (AvgIpc) is 2.32. The molecule has 0 saturated heterocycles. The molecule has 0 amide bonds. The highest BCUT2D eigenvalue weighted by Gasteiger charge is 2.03. The Balaban J connectivity index is 2.28. The Bertz CT molecular complexity index is 243. The van der Waals surface area contributed by atoms with E-state index in [0.29, 0.717) is 13.0 Å². The third-order valence-electron chi connectivity index (χ3n) is 3.31. The number of carbonyl (C=O) groups excluding carboxylic acids is 1. The lowest BCUT2D eigenvalue weighted by Crippen LogP contribution is -2.05. The lowest BCUT2D eigenvalue weighted by atomic mass is 10.0. The predicted molar refractivity (Wildman–Crippen MR) is 70.9 cm³/mol. The average molecular weight is 238 g/mol. The normalized spacial score (nSPS) is 25.0. The summed E-state index contributed by atoms with van der Waals surface area (Å²) in [6.07, 6.45) is 13.4. The van der Waals surface area contributed by atoms with Crippen LogP contribution in [0.4, 0.5) is 0 Å². The van der Waals surface area contributed by atoms with Crippen molar-refractivity contribution in [1.82, 2.24) is 0 Å². The number of hydrogen-bond acceptors (Lipinski definition) is 2. The smallest absolute Gasteiger partial charge is 0.305 e. The van der Waals surface area contributed by atoms with Gasteiger partial charge in [-0.1, -0.05) is 24.5 Å². The summed E-state index contributed by atoms with van der Waals surface area (Å²) in [4.78, 5) is 11.3. The van der Waals surface area contributed by atoms with Crippen LogP contribution in [-0.4, -0.2) is 12.6 Å². The highest BCUT2D eigenvalue weighted by molar-refractivity contribution is 5.69. The van der Waals surface area contributed by atoms with Crippen LogP contribution in [0.5, 0.6) is 0 Å². The van der Waals surface area contributed by atoms with Crippen LogP contribution in [0.1, 0.15) is 71.1 Å². The molecule has 1 aliphatic heterocycles. The number of ether oxygens (including phenoxy) is 1. The van der Waals surface area contributed by atoms with Gasteiger partial charge in [-0.2, -0.15) is 0 Å². The molecule has 0 bridgehead atoms. The van der Waals surface area contributed by atoms with Crippen molar-refractivity contribution in [2.45, 2.75) is 71.1 Å². The Morgan fingerprint density at radius 2 is 1.65 bits per heavy atom. The van der Waals surface area contributed by atoms with Gasteiger partial charge in [-0.15, -0.1) is 0 Å². The van der Waals surface area contributed by atoms with E-state index >= 15 is 0 Å². The van der Waals surface area contributed by atoms with E-state index in [1.165, 1.54) is 37.7 Å². The maximum Gasteiger partial charge on any atom is 0.305 e. The zero-order valence-electron chi connectivity index (χ0n) is 11.2. The van der Waals surface area contributed by atoms with E-state index in [0.717, 1.165) is 25.7 Å². The topological polar surface area (TPSA) is 26.3 Å². The molecule has 1 heterocycles.